The molecule has 0 amide bonds. The second-order valence-corrected chi connectivity index (χ2v) is 5.87. The van der Waals surface area contributed by atoms with E-state index in [1.807, 2.05) is 6.92 Å². The number of nitrogens with zero attached hydrogens (tertiary/aromatic N) is 1. The van der Waals surface area contributed by atoms with Gasteiger partial charge in [0.05, 0.1) is 22.9 Å². The lowest BCUT2D eigenvalue weighted by Crippen LogP contribution is -2.04. The fourth-order valence-corrected chi connectivity index (χ4v) is 3.10. The number of nitrogens with two attached hydrogens (primary N) is 1. The zero-order valence-electron chi connectivity index (χ0n) is 10.5. The third-order valence-electron chi connectivity index (χ3n) is 2.94. The van der Waals surface area contributed by atoms with Crippen LogP contribution in [0.25, 0.3) is 0 Å². The van der Waals surface area contributed by atoms with Gasteiger partial charge in [0.15, 0.2) is 0 Å². The normalized spacial score (nSPS) is 10.6. The summed E-state index contributed by atoms with van der Waals surface area (Å²) in [5.74, 6) is 0.845. The smallest absolute Gasteiger partial charge is 0.141 e. The second-order valence-electron chi connectivity index (χ2n) is 4.08. The number of aromatic nitrogens is 1. The predicted molar refractivity (Wildman–Crippen MR) is 82.1 cm³/mol. The fourth-order valence-electron chi connectivity index (χ4n) is 1.72. The standard InChI is InChI=1S/C13H16BrN3S/c1-3-9-4-5-18-11(9)7-17-13-12(14)8(2)10(15)6-16-13/h4-6H,3,7,15H2,1-2H3,(H,16,17). The van der Waals surface area contributed by atoms with E-state index in [-0.39, 0.29) is 0 Å². The molecule has 0 radical (unpaired) electrons. The Hall–Kier alpha value is -1.07. The van der Waals surface area contributed by atoms with Gasteiger partial charge < -0.3 is 11.1 Å². The van der Waals surface area contributed by atoms with Crippen molar-refractivity contribution >= 4 is 38.8 Å². The van der Waals surface area contributed by atoms with Crippen molar-refractivity contribution in [3.63, 3.8) is 0 Å². The summed E-state index contributed by atoms with van der Waals surface area (Å²) in [5, 5.41) is 5.49. The molecule has 2 rings (SSSR count). The number of hydrogen-bond donors (Lipinski definition) is 2. The highest BCUT2D eigenvalue weighted by atomic mass is 79.9. The first kappa shape index (κ1) is 13.4. The number of pyridine rings is 1. The van der Waals surface area contributed by atoms with Gasteiger partial charge in [-0.15, -0.1) is 11.3 Å². The summed E-state index contributed by atoms with van der Waals surface area (Å²) in [6.07, 6.45) is 2.76. The first-order valence-electron chi connectivity index (χ1n) is 5.83. The van der Waals surface area contributed by atoms with Crippen LogP contribution in [0.3, 0.4) is 0 Å². The van der Waals surface area contributed by atoms with Gasteiger partial charge in [-0.05, 0) is 51.8 Å². The van der Waals surface area contributed by atoms with E-state index in [4.69, 9.17) is 5.73 Å². The van der Waals surface area contributed by atoms with Crippen LogP contribution in [0, 0.1) is 6.92 Å². The molecule has 0 aliphatic carbocycles. The number of halogens is 1. The zero-order valence-corrected chi connectivity index (χ0v) is 12.9. The summed E-state index contributed by atoms with van der Waals surface area (Å²) >= 11 is 5.31. The van der Waals surface area contributed by atoms with Crippen molar-refractivity contribution < 1.29 is 0 Å². The molecule has 2 aromatic rings. The molecule has 0 saturated heterocycles. The van der Waals surface area contributed by atoms with Crippen LogP contribution in [0.2, 0.25) is 0 Å². The van der Waals surface area contributed by atoms with Crippen molar-refractivity contribution in [3.05, 3.63) is 38.1 Å². The maximum Gasteiger partial charge on any atom is 0.141 e. The van der Waals surface area contributed by atoms with Crippen LogP contribution in [0.15, 0.2) is 22.1 Å². The Labute approximate surface area is 120 Å². The molecule has 0 aliphatic heterocycles. The van der Waals surface area contributed by atoms with Gasteiger partial charge in [0.25, 0.3) is 0 Å². The minimum absolute atomic E-state index is 0.706. The highest BCUT2D eigenvalue weighted by Gasteiger charge is 2.08. The van der Waals surface area contributed by atoms with Gasteiger partial charge in [-0.25, -0.2) is 4.98 Å². The van der Waals surface area contributed by atoms with Crippen molar-refractivity contribution in [1.29, 1.82) is 0 Å². The summed E-state index contributed by atoms with van der Waals surface area (Å²) in [6, 6.07) is 2.18. The van der Waals surface area contributed by atoms with Gasteiger partial charge in [-0.3, -0.25) is 0 Å². The van der Waals surface area contributed by atoms with Crippen molar-refractivity contribution in [1.82, 2.24) is 4.98 Å². The Balaban J connectivity index is 2.14. The van der Waals surface area contributed by atoms with E-state index in [9.17, 15) is 0 Å². The third kappa shape index (κ3) is 2.67. The van der Waals surface area contributed by atoms with Crippen molar-refractivity contribution in [2.45, 2.75) is 26.8 Å². The molecule has 0 unspecified atom stereocenters. The molecular formula is C13H16BrN3S. The van der Waals surface area contributed by atoms with Gasteiger partial charge >= 0.3 is 0 Å². The van der Waals surface area contributed by atoms with Crippen LogP contribution in [0.5, 0.6) is 0 Å². The lowest BCUT2D eigenvalue weighted by Gasteiger charge is -2.10. The van der Waals surface area contributed by atoms with Crippen molar-refractivity contribution in [2.24, 2.45) is 0 Å². The topological polar surface area (TPSA) is 50.9 Å². The Kier molecular flexibility index (Phi) is 4.24. The van der Waals surface area contributed by atoms with Crippen LogP contribution in [0.1, 0.15) is 22.9 Å². The Morgan fingerprint density at radius 2 is 2.28 bits per heavy atom. The highest BCUT2D eigenvalue weighted by Crippen LogP contribution is 2.28. The number of rotatable bonds is 4. The number of nitrogen functional groups attached to an aromatic ring is 1. The monoisotopic (exact) mass is 325 g/mol. The van der Waals surface area contributed by atoms with Gasteiger partial charge in [0.2, 0.25) is 0 Å². The number of anilines is 2. The Morgan fingerprint density at radius 1 is 1.50 bits per heavy atom. The van der Waals surface area contributed by atoms with E-state index >= 15 is 0 Å². The fraction of sp³-hybridized carbons (Fsp3) is 0.308. The number of thiophene rings is 1. The Bertz CT molecular complexity index is 551. The number of aryl methyl sites for hydroxylation is 1. The van der Waals surface area contributed by atoms with Crippen molar-refractivity contribution in [2.75, 3.05) is 11.1 Å². The zero-order chi connectivity index (χ0) is 13.1. The summed E-state index contributed by atoms with van der Waals surface area (Å²) in [5.41, 5.74) is 8.94. The quantitative estimate of drug-likeness (QED) is 0.894. The van der Waals surface area contributed by atoms with E-state index in [0.29, 0.717) is 5.69 Å². The van der Waals surface area contributed by atoms with Crippen molar-refractivity contribution in [3.8, 4) is 0 Å². The largest absolute Gasteiger partial charge is 0.397 e. The second kappa shape index (κ2) is 5.71. The molecule has 2 heterocycles. The molecule has 5 heteroatoms. The molecule has 2 aromatic heterocycles. The molecule has 0 aromatic carbocycles. The average molecular weight is 326 g/mol. The molecule has 96 valence electrons. The van der Waals surface area contributed by atoms with Crippen LogP contribution in [-0.4, -0.2) is 4.98 Å². The third-order valence-corrected chi connectivity index (χ3v) is 4.87. The van der Waals surface area contributed by atoms with Crippen LogP contribution in [0.4, 0.5) is 11.5 Å². The molecule has 0 atom stereocenters. The van der Waals surface area contributed by atoms with E-state index in [1.165, 1.54) is 10.4 Å². The predicted octanol–water partition coefficient (Wildman–Crippen LogP) is 3.97. The SMILES string of the molecule is CCc1ccsc1CNc1ncc(N)c(C)c1Br. The van der Waals surface area contributed by atoms with E-state index in [1.54, 1.807) is 17.5 Å². The van der Waals surface area contributed by atoms with Gasteiger partial charge in [0.1, 0.15) is 5.82 Å². The molecule has 0 aliphatic rings. The lowest BCUT2D eigenvalue weighted by atomic mass is 10.2. The maximum atomic E-state index is 5.81. The number of hydrogen-bond acceptors (Lipinski definition) is 4. The first-order valence-corrected chi connectivity index (χ1v) is 7.50. The van der Waals surface area contributed by atoms with E-state index in [0.717, 1.165) is 28.8 Å². The minimum Gasteiger partial charge on any atom is -0.397 e. The molecule has 0 saturated carbocycles. The minimum atomic E-state index is 0.706. The summed E-state index contributed by atoms with van der Waals surface area (Å²) in [4.78, 5) is 5.68. The summed E-state index contributed by atoms with van der Waals surface area (Å²) in [7, 11) is 0. The van der Waals surface area contributed by atoms with Crippen LogP contribution >= 0.6 is 27.3 Å². The summed E-state index contributed by atoms with van der Waals surface area (Å²) in [6.45, 7) is 4.96. The summed E-state index contributed by atoms with van der Waals surface area (Å²) < 4.78 is 0.942. The average Bonchev–Trinajstić information content (AvgIpc) is 2.82. The first-order chi connectivity index (χ1) is 8.63. The van der Waals surface area contributed by atoms with Gasteiger partial charge in [0, 0.05) is 4.88 Å². The number of nitrogens with one attached hydrogen (secondary N) is 1. The molecule has 3 N–H and O–H groups in total. The van der Waals surface area contributed by atoms with Crippen LogP contribution in [-0.2, 0) is 13.0 Å². The lowest BCUT2D eigenvalue weighted by molar-refractivity contribution is 1.06. The Morgan fingerprint density at radius 3 is 3.00 bits per heavy atom. The highest BCUT2D eigenvalue weighted by molar-refractivity contribution is 9.10. The molecule has 18 heavy (non-hydrogen) atoms. The van der Waals surface area contributed by atoms with E-state index < -0.39 is 0 Å². The van der Waals surface area contributed by atoms with Crippen LogP contribution < -0.4 is 11.1 Å². The molecular weight excluding hydrogens is 310 g/mol. The van der Waals surface area contributed by atoms with Gasteiger partial charge in [-0.2, -0.15) is 0 Å². The molecule has 0 bridgehead atoms. The van der Waals surface area contributed by atoms with Gasteiger partial charge in [-0.1, -0.05) is 6.92 Å². The molecule has 0 fully saturated rings. The van der Waals surface area contributed by atoms with E-state index in [2.05, 4.69) is 44.6 Å². The maximum absolute atomic E-state index is 5.81. The molecule has 0 spiro atoms. The molecule has 3 nitrogen and oxygen atoms in total.